The molecule has 7 nitrogen and oxygen atoms in total. The Hall–Kier alpha value is -3.19. The summed E-state index contributed by atoms with van der Waals surface area (Å²) in [7, 11) is 3.28. The molecular weight excluding hydrogens is 368 g/mol. The molecule has 3 aromatic rings. The maximum absolute atomic E-state index is 5.67. The second kappa shape index (κ2) is 8.87. The summed E-state index contributed by atoms with van der Waals surface area (Å²) in [5.74, 6) is 1.88. The van der Waals surface area contributed by atoms with Gasteiger partial charge in [-0.2, -0.15) is 0 Å². The Morgan fingerprint density at radius 1 is 0.931 bits per heavy atom. The van der Waals surface area contributed by atoms with Crippen molar-refractivity contribution in [3.63, 3.8) is 0 Å². The highest BCUT2D eigenvalue weighted by Gasteiger charge is 2.20. The number of ether oxygens (including phenoxy) is 3. The Morgan fingerprint density at radius 2 is 1.59 bits per heavy atom. The van der Waals surface area contributed by atoms with Crippen LogP contribution in [-0.2, 0) is 4.74 Å². The average Bonchev–Trinajstić information content (AvgIpc) is 3.31. The number of nitrogens with one attached hydrogen (secondary N) is 1. The van der Waals surface area contributed by atoms with Gasteiger partial charge in [-0.15, -0.1) is 10.2 Å². The zero-order chi connectivity index (χ0) is 20.1. The summed E-state index contributed by atoms with van der Waals surface area (Å²) < 4.78 is 16.8. The van der Waals surface area contributed by atoms with Gasteiger partial charge in [-0.1, -0.05) is 24.3 Å². The molecule has 1 atom stereocenters. The minimum atomic E-state index is 0.183. The quantitative estimate of drug-likeness (QED) is 0.655. The summed E-state index contributed by atoms with van der Waals surface area (Å²) in [5, 5.41) is 12.1. The third-order valence-electron chi connectivity index (χ3n) is 4.92. The van der Waals surface area contributed by atoms with E-state index in [4.69, 9.17) is 19.2 Å². The van der Waals surface area contributed by atoms with Crippen molar-refractivity contribution < 1.29 is 14.2 Å². The van der Waals surface area contributed by atoms with E-state index in [1.807, 2.05) is 48.5 Å². The second-order valence-corrected chi connectivity index (χ2v) is 6.75. The third kappa shape index (κ3) is 4.14. The van der Waals surface area contributed by atoms with Gasteiger partial charge >= 0.3 is 0 Å². The van der Waals surface area contributed by atoms with Gasteiger partial charge in [0.25, 0.3) is 0 Å². The van der Waals surface area contributed by atoms with Crippen LogP contribution in [-0.4, -0.2) is 48.7 Å². The molecule has 0 spiro atoms. The molecule has 7 heteroatoms. The highest BCUT2D eigenvalue weighted by atomic mass is 16.5. The minimum absolute atomic E-state index is 0.183. The summed E-state index contributed by atoms with van der Waals surface area (Å²) >= 11 is 0. The number of aromatic nitrogens is 3. The molecule has 1 aliphatic heterocycles. The van der Waals surface area contributed by atoms with Crippen LogP contribution in [0.2, 0.25) is 0 Å². The molecule has 0 saturated carbocycles. The van der Waals surface area contributed by atoms with Crippen LogP contribution in [0.15, 0.2) is 48.5 Å². The van der Waals surface area contributed by atoms with Crippen molar-refractivity contribution in [1.82, 2.24) is 15.2 Å². The van der Waals surface area contributed by atoms with Crippen LogP contribution in [0.4, 0.5) is 5.95 Å². The summed E-state index contributed by atoms with van der Waals surface area (Å²) in [6.45, 7) is 1.46. The van der Waals surface area contributed by atoms with Crippen molar-refractivity contribution in [2.24, 2.45) is 0 Å². The largest absolute Gasteiger partial charge is 0.496 e. The molecule has 4 rings (SSSR count). The Balaban J connectivity index is 1.77. The van der Waals surface area contributed by atoms with E-state index in [0.29, 0.717) is 35.4 Å². The van der Waals surface area contributed by atoms with Crippen molar-refractivity contribution in [2.75, 3.05) is 32.7 Å². The Labute approximate surface area is 170 Å². The lowest BCUT2D eigenvalue weighted by molar-refractivity contribution is 0.120. The van der Waals surface area contributed by atoms with Gasteiger partial charge in [0.15, 0.2) is 0 Å². The zero-order valence-corrected chi connectivity index (χ0v) is 16.6. The fraction of sp³-hybridized carbons (Fsp3) is 0.318. The molecule has 2 aromatic carbocycles. The van der Waals surface area contributed by atoms with Crippen LogP contribution < -0.4 is 14.8 Å². The fourth-order valence-electron chi connectivity index (χ4n) is 3.46. The van der Waals surface area contributed by atoms with E-state index in [-0.39, 0.29) is 6.10 Å². The standard InChI is InChI=1S/C22H24N4O3/c1-27-18-11-5-3-9-16(18)20-21(17-10-4-6-12-19(17)28-2)25-26-22(24-20)23-14-15-8-7-13-29-15/h3-6,9-12,15H,7-8,13-14H2,1-2H3,(H,23,24,26)/t15-/m0/s1. The predicted molar refractivity (Wildman–Crippen MR) is 111 cm³/mol. The summed E-state index contributed by atoms with van der Waals surface area (Å²) in [6, 6.07) is 15.4. The van der Waals surface area contributed by atoms with Gasteiger partial charge in [-0.25, -0.2) is 4.98 Å². The molecule has 0 unspecified atom stereocenters. The summed E-state index contributed by atoms with van der Waals surface area (Å²) in [4.78, 5) is 4.79. The molecule has 1 aliphatic rings. The number of para-hydroxylation sites is 2. The second-order valence-electron chi connectivity index (χ2n) is 6.75. The number of hydrogen-bond acceptors (Lipinski definition) is 7. The van der Waals surface area contributed by atoms with Gasteiger partial charge in [0.1, 0.15) is 22.9 Å². The molecule has 1 aromatic heterocycles. The van der Waals surface area contributed by atoms with Crippen molar-refractivity contribution in [1.29, 1.82) is 0 Å². The summed E-state index contributed by atoms with van der Waals surface area (Å²) in [5.41, 5.74) is 2.97. The molecule has 1 N–H and O–H groups in total. The van der Waals surface area contributed by atoms with E-state index >= 15 is 0 Å². The Bertz CT molecular complexity index is 974. The van der Waals surface area contributed by atoms with Crippen LogP contribution in [0.1, 0.15) is 12.8 Å². The average molecular weight is 392 g/mol. The Kier molecular flexibility index (Phi) is 5.86. The lowest BCUT2D eigenvalue weighted by Gasteiger charge is -2.15. The van der Waals surface area contributed by atoms with Crippen LogP contribution in [0.3, 0.4) is 0 Å². The number of rotatable bonds is 7. The lowest BCUT2D eigenvalue weighted by Crippen LogP contribution is -2.20. The van der Waals surface area contributed by atoms with Crippen LogP contribution in [0, 0.1) is 0 Å². The highest BCUT2D eigenvalue weighted by molar-refractivity contribution is 5.83. The van der Waals surface area contributed by atoms with E-state index in [1.54, 1.807) is 14.2 Å². The maximum atomic E-state index is 5.67. The van der Waals surface area contributed by atoms with Crippen LogP contribution in [0.25, 0.3) is 22.5 Å². The monoisotopic (exact) mass is 392 g/mol. The molecule has 0 aliphatic carbocycles. The Morgan fingerprint density at radius 3 is 2.21 bits per heavy atom. The molecule has 0 radical (unpaired) electrons. The van der Waals surface area contributed by atoms with Gasteiger partial charge in [-0.05, 0) is 37.1 Å². The van der Waals surface area contributed by atoms with Crippen molar-refractivity contribution in [2.45, 2.75) is 18.9 Å². The third-order valence-corrected chi connectivity index (χ3v) is 4.92. The summed E-state index contributed by atoms with van der Waals surface area (Å²) in [6.07, 6.45) is 2.31. The van der Waals surface area contributed by atoms with E-state index in [2.05, 4.69) is 15.5 Å². The lowest BCUT2D eigenvalue weighted by atomic mass is 10.0. The maximum Gasteiger partial charge on any atom is 0.243 e. The molecule has 150 valence electrons. The molecule has 1 saturated heterocycles. The van der Waals surface area contributed by atoms with E-state index < -0.39 is 0 Å². The first-order chi connectivity index (χ1) is 14.3. The van der Waals surface area contributed by atoms with Gasteiger partial charge in [0, 0.05) is 24.3 Å². The molecule has 2 heterocycles. The highest BCUT2D eigenvalue weighted by Crippen LogP contribution is 2.38. The number of benzene rings is 2. The molecule has 1 fully saturated rings. The zero-order valence-electron chi connectivity index (χ0n) is 16.6. The molecular formula is C22H24N4O3. The van der Waals surface area contributed by atoms with E-state index in [9.17, 15) is 0 Å². The van der Waals surface area contributed by atoms with Gasteiger partial charge in [0.2, 0.25) is 5.95 Å². The normalized spacial score (nSPS) is 15.9. The van der Waals surface area contributed by atoms with Crippen LogP contribution >= 0.6 is 0 Å². The van der Waals surface area contributed by atoms with E-state index in [1.165, 1.54) is 0 Å². The minimum Gasteiger partial charge on any atom is -0.496 e. The van der Waals surface area contributed by atoms with Gasteiger partial charge in [-0.3, -0.25) is 0 Å². The SMILES string of the molecule is COc1ccccc1-c1nnc(NC[C@@H]2CCCO2)nc1-c1ccccc1OC. The first kappa shape index (κ1) is 19.1. The van der Waals surface area contributed by atoms with Gasteiger partial charge < -0.3 is 19.5 Å². The smallest absolute Gasteiger partial charge is 0.243 e. The first-order valence-electron chi connectivity index (χ1n) is 9.67. The van der Waals surface area contributed by atoms with Crippen molar-refractivity contribution in [3.05, 3.63) is 48.5 Å². The first-order valence-corrected chi connectivity index (χ1v) is 9.67. The predicted octanol–water partition coefficient (Wildman–Crippen LogP) is 3.81. The van der Waals surface area contributed by atoms with E-state index in [0.717, 1.165) is 30.6 Å². The van der Waals surface area contributed by atoms with Crippen molar-refractivity contribution in [3.8, 4) is 34.0 Å². The van der Waals surface area contributed by atoms with Gasteiger partial charge in [0.05, 0.1) is 20.3 Å². The molecule has 0 amide bonds. The molecule has 0 bridgehead atoms. The number of nitrogens with zero attached hydrogens (tertiary/aromatic N) is 3. The fourth-order valence-corrected chi connectivity index (χ4v) is 3.46. The molecule has 29 heavy (non-hydrogen) atoms. The topological polar surface area (TPSA) is 78.4 Å². The number of methoxy groups -OCH3 is 2. The van der Waals surface area contributed by atoms with Crippen molar-refractivity contribution >= 4 is 5.95 Å². The number of hydrogen-bond donors (Lipinski definition) is 1. The van der Waals surface area contributed by atoms with Crippen LogP contribution in [0.5, 0.6) is 11.5 Å². The number of anilines is 1.